The Bertz CT molecular complexity index is 1050. The minimum absolute atomic E-state index is 0.0239. The van der Waals surface area contributed by atoms with Gasteiger partial charge in [0, 0.05) is 22.8 Å². The predicted octanol–water partition coefficient (Wildman–Crippen LogP) is 2.93. The lowest BCUT2D eigenvalue weighted by Crippen LogP contribution is -2.10. The third-order valence-electron chi connectivity index (χ3n) is 4.38. The fourth-order valence-corrected chi connectivity index (χ4v) is 3.87. The number of aromatic nitrogens is 1. The lowest BCUT2D eigenvalue weighted by molar-refractivity contribution is 0.0525. The number of carbonyl (C=O) groups is 1. The van der Waals surface area contributed by atoms with Gasteiger partial charge in [-0.15, -0.1) is 11.3 Å². The zero-order valence-electron chi connectivity index (χ0n) is 16.1. The van der Waals surface area contributed by atoms with Crippen LogP contribution < -0.4 is 11.5 Å². The van der Waals surface area contributed by atoms with Gasteiger partial charge in [0.2, 0.25) is 0 Å². The van der Waals surface area contributed by atoms with Crippen LogP contribution in [-0.2, 0) is 17.7 Å². The summed E-state index contributed by atoms with van der Waals surface area (Å²) >= 11 is 1.46. The molecule has 3 aromatic rings. The molecule has 0 radical (unpaired) electrons. The first-order valence-corrected chi connectivity index (χ1v) is 9.91. The van der Waals surface area contributed by atoms with Crippen molar-refractivity contribution in [3.63, 3.8) is 0 Å². The molecular formula is C21H23N5O2S. The number of nitrogens with zero attached hydrogens (tertiary/aromatic N) is 1. The van der Waals surface area contributed by atoms with Crippen molar-refractivity contribution in [2.24, 2.45) is 11.5 Å². The SMILES string of the molecule is CCOC(=O)c1cn(Cc2ccc(C(=N)N)s2)cc1Cc1ccc(C(=N)N)cc1. The third kappa shape index (κ3) is 4.91. The number of thiophene rings is 1. The highest BCUT2D eigenvalue weighted by Gasteiger charge is 2.17. The molecule has 150 valence electrons. The summed E-state index contributed by atoms with van der Waals surface area (Å²) in [6, 6.07) is 11.2. The smallest absolute Gasteiger partial charge is 0.339 e. The molecule has 0 bridgehead atoms. The first-order chi connectivity index (χ1) is 13.9. The van der Waals surface area contributed by atoms with Crippen molar-refractivity contribution >= 4 is 29.0 Å². The number of ether oxygens (including phenoxy) is 1. The minimum Gasteiger partial charge on any atom is -0.462 e. The Hall–Kier alpha value is -3.39. The number of nitrogens with two attached hydrogens (primary N) is 2. The van der Waals surface area contributed by atoms with Gasteiger partial charge in [-0.05, 0) is 36.6 Å². The average Bonchev–Trinajstić information content (AvgIpc) is 3.30. The Labute approximate surface area is 172 Å². The summed E-state index contributed by atoms with van der Waals surface area (Å²) in [6.45, 7) is 2.67. The first-order valence-electron chi connectivity index (χ1n) is 9.09. The molecule has 2 heterocycles. The Morgan fingerprint density at radius 3 is 2.38 bits per heavy atom. The maximum Gasteiger partial charge on any atom is 0.339 e. The van der Waals surface area contributed by atoms with Gasteiger partial charge in [0.1, 0.15) is 11.7 Å². The van der Waals surface area contributed by atoms with Gasteiger partial charge in [0.05, 0.1) is 23.6 Å². The molecule has 0 amide bonds. The van der Waals surface area contributed by atoms with Gasteiger partial charge < -0.3 is 20.8 Å². The highest BCUT2D eigenvalue weighted by Crippen LogP contribution is 2.21. The van der Waals surface area contributed by atoms with Crippen LogP contribution in [-0.4, -0.2) is 28.8 Å². The van der Waals surface area contributed by atoms with E-state index in [2.05, 4.69) is 0 Å². The number of hydrogen-bond donors (Lipinski definition) is 4. The van der Waals surface area contributed by atoms with Crippen molar-refractivity contribution in [3.05, 3.63) is 80.8 Å². The summed E-state index contributed by atoms with van der Waals surface area (Å²) < 4.78 is 7.16. The summed E-state index contributed by atoms with van der Waals surface area (Å²) in [5.74, 6) is -0.274. The van der Waals surface area contributed by atoms with Crippen LogP contribution in [0.5, 0.6) is 0 Å². The van der Waals surface area contributed by atoms with E-state index in [0.717, 1.165) is 20.9 Å². The van der Waals surface area contributed by atoms with Crippen molar-refractivity contribution < 1.29 is 9.53 Å². The largest absolute Gasteiger partial charge is 0.462 e. The van der Waals surface area contributed by atoms with Gasteiger partial charge in [-0.1, -0.05) is 24.3 Å². The fraction of sp³-hybridized carbons (Fsp3) is 0.190. The predicted molar refractivity (Wildman–Crippen MR) is 115 cm³/mol. The molecule has 3 rings (SSSR count). The van der Waals surface area contributed by atoms with Gasteiger partial charge >= 0.3 is 5.97 Å². The molecule has 0 unspecified atom stereocenters. The lowest BCUT2D eigenvalue weighted by Gasteiger charge is -2.05. The first kappa shape index (κ1) is 20.3. The average molecular weight is 410 g/mol. The second-order valence-corrected chi connectivity index (χ2v) is 7.73. The molecule has 0 saturated carbocycles. The van der Waals surface area contributed by atoms with E-state index < -0.39 is 0 Å². The lowest BCUT2D eigenvalue weighted by atomic mass is 10.0. The van der Waals surface area contributed by atoms with E-state index >= 15 is 0 Å². The van der Waals surface area contributed by atoms with E-state index in [1.807, 2.05) is 35.0 Å². The quantitative estimate of drug-likeness (QED) is 0.259. The molecule has 0 aliphatic rings. The molecule has 6 N–H and O–H groups in total. The van der Waals surface area contributed by atoms with Crippen LogP contribution in [0.3, 0.4) is 0 Å². The Kier molecular flexibility index (Phi) is 6.13. The number of esters is 1. The minimum atomic E-state index is -0.350. The molecule has 29 heavy (non-hydrogen) atoms. The van der Waals surface area contributed by atoms with Gasteiger partial charge in [-0.3, -0.25) is 10.8 Å². The summed E-state index contributed by atoms with van der Waals surface area (Å²) in [6.07, 6.45) is 4.30. The standard InChI is InChI=1S/C21H23N5O2S/c1-2-28-21(27)17-12-26(11-16-7-8-18(29-16)20(24)25)10-15(17)9-13-3-5-14(6-4-13)19(22)23/h3-8,10,12H,2,9,11H2,1H3,(H3,22,23)(H3,24,25). The normalized spacial score (nSPS) is 10.7. The number of hydrogen-bond acceptors (Lipinski definition) is 5. The molecule has 0 aliphatic heterocycles. The van der Waals surface area contributed by atoms with Gasteiger partial charge in [-0.25, -0.2) is 4.79 Å². The van der Waals surface area contributed by atoms with Crippen molar-refractivity contribution in [2.75, 3.05) is 6.61 Å². The van der Waals surface area contributed by atoms with Gasteiger partial charge in [0.25, 0.3) is 0 Å². The Morgan fingerprint density at radius 1 is 1.07 bits per heavy atom. The second kappa shape index (κ2) is 8.74. The summed E-state index contributed by atoms with van der Waals surface area (Å²) in [5, 5.41) is 15.0. The van der Waals surface area contributed by atoms with Gasteiger partial charge in [0.15, 0.2) is 0 Å². The van der Waals surface area contributed by atoms with E-state index in [1.54, 1.807) is 25.3 Å². The van der Waals surface area contributed by atoms with Crippen molar-refractivity contribution in [2.45, 2.75) is 19.9 Å². The maximum atomic E-state index is 12.4. The molecule has 0 aliphatic carbocycles. The van der Waals surface area contributed by atoms with E-state index in [0.29, 0.717) is 30.7 Å². The molecule has 1 aromatic carbocycles. The van der Waals surface area contributed by atoms with Crippen molar-refractivity contribution in [3.8, 4) is 0 Å². The van der Waals surface area contributed by atoms with Crippen LogP contribution in [0.4, 0.5) is 0 Å². The summed E-state index contributed by atoms with van der Waals surface area (Å²) in [7, 11) is 0. The Morgan fingerprint density at radius 2 is 1.79 bits per heavy atom. The number of rotatable bonds is 8. The van der Waals surface area contributed by atoms with Crippen LogP contribution in [0.2, 0.25) is 0 Å². The van der Waals surface area contributed by atoms with Crippen LogP contribution in [0.1, 0.15) is 43.7 Å². The zero-order chi connectivity index (χ0) is 21.0. The molecule has 0 atom stereocenters. The van der Waals surface area contributed by atoms with Crippen LogP contribution >= 0.6 is 11.3 Å². The Balaban J connectivity index is 1.86. The van der Waals surface area contributed by atoms with E-state index in [4.69, 9.17) is 27.0 Å². The van der Waals surface area contributed by atoms with Crippen LogP contribution in [0.25, 0.3) is 0 Å². The zero-order valence-corrected chi connectivity index (χ0v) is 16.9. The van der Waals surface area contributed by atoms with E-state index in [-0.39, 0.29) is 17.6 Å². The molecule has 0 fully saturated rings. The molecular weight excluding hydrogens is 386 g/mol. The maximum absolute atomic E-state index is 12.4. The summed E-state index contributed by atoms with van der Waals surface area (Å²) in [5.41, 5.74) is 14.1. The van der Waals surface area contributed by atoms with Crippen molar-refractivity contribution in [1.82, 2.24) is 4.57 Å². The fourth-order valence-electron chi connectivity index (χ4n) is 2.99. The number of amidine groups is 2. The highest BCUT2D eigenvalue weighted by atomic mass is 32.1. The molecule has 7 nitrogen and oxygen atoms in total. The monoisotopic (exact) mass is 409 g/mol. The number of carbonyl (C=O) groups excluding carboxylic acids is 1. The molecule has 0 saturated heterocycles. The topological polar surface area (TPSA) is 131 Å². The van der Waals surface area contributed by atoms with E-state index in [9.17, 15) is 4.79 Å². The molecule has 8 heteroatoms. The number of benzene rings is 1. The van der Waals surface area contributed by atoms with E-state index in [1.165, 1.54) is 11.3 Å². The highest BCUT2D eigenvalue weighted by molar-refractivity contribution is 7.14. The third-order valence-corrected chi connectivity index (χ3v) is 5.49. The molecule has 2 aromatic heterocycles. The van der Waals surface area contributed by atoms with Gasteiger partial charge in [-0.2, -0.15) is 0 Å². The second-order valence-electron chi connectivity index (χ2n) is 6.56. The van der Waals surface area contributed by atoms with Crippen LogP contribution in [0, 0.1) is 10.8 Å². The summed E-state index contributed by atoms with van der Waals surface area (Å²) in [4.78, 5) is 14.2. The number of nitrogens with one attached hydrogen (secondary N) is 2. The molecule has 0 spiro atoms. The van der Waals surface area contributed by atoms with Crippen LogP contribution in [0.15, 0.2) is 48.8 Å². The number of nitrogen functional groups attached to an aromatic ring is 2. The van der Waals surface area contributed by atoms with Crippen molar-refractivity contribution in [1.29, 1.82) is 10.8 Å².